The van der Waals surface area contributed by atoms with Gasteiger partial charge in [-0.1, -0.05) is 13.8 Å². The van der Waals surface area contributed by atoms with Crippen LogP contribution in [-0.2, 0) is 10.0 Å². The number of hydrogen-bond donors (Lipinski definition) is 1. The quantitative estimate of drug-likeness (QED) is 0.748. The third-order valence-corrected chi connectivity index (χ3v) is 7.21. The van der Waals surface area contributed by atoms with Crippen LogP contribution in [0, 0.1) is 0 Å². The largest absolute Gasteiger partial charge is 0.357 e. The molecule has 1 aromatic carbocycles. The lowest BCUT2D eigenvalue weighted by Gasteiger charge is -2.27. The summed E-state index contributed by atoms with van der Waals surface area (Å²) in [6.07, 6.45) is 5.28. The Balaban J connectivity index is 1.66. The van der Waals surface area contributed by atoms with Crippen LogP contribution in [-0.4, -0.2) is 49.8 Å². The van der Waals surface area contributed by atoms with E-state index < -0.39 is 10.0 Å². The fourth-order valence-electron chi connectivity index (χ4n) is 3.46. The van der Waals surface area contributed by atoms with Gasteiger partial charge in [-0.3, -0.25) is 4.79 Å². The second kappa shape index (κ2) is 9.37. The molecule has 2 aromatic rings. The molecule has 0 saturated carbocycles. The summed E-state index contributed by atoms with van der Waals surface area (Å²) in [5.74, 6) is 0.623. The van der Waals surface area contributed by atoms with Crippen molar-refractivity contribution in [1.82, 2.24) is 9.29 Å². The van der Waals surface area contributed by atoms with Crippen molar-refractivity contribution < 1.29 is 13.2 Å². The number of anilines is 2. The molecule has 1 aliphatic rings. The van der Waals surface area contributed by atoms with Crippen LogP contribution in [0.3, 0.4) is 0 Å². The predicted molar refractivity (Wildman–Crippen MR) is 115 cm³/mol. The average molecular weight is 417 g/mol. The summed E-state index contributed by atoms with van der Waals surface area (Å²) in [6.45, 7) is 6.44. The monoisotopic (exact) mass is 416 g/mol. The second-order valence-electron chi connectivity index (χ2n) is 7.02. The summed E-state index contributed by atoms with van der Waals surface area (Å²) in [7, 11) is -3.53. The zero-order chi connectivity index (χ0) is 20.9. The second-order valence-corrected chi connectivity index (χ2v) is 8.96. The number of nitrogens with one attached hydrogen (secondary N) is 1. The minimum Gasteiger partial charge on any atom is -0.357 e. The maximum atomic E-state index is 12.5. The van der Waals surface area contributed by atoms with Gasteiger partial charge < -0.3 is 10.2 Å². The first-order valence-electron chi connectivity index (χ1n) is 10.1. The molecule has 3 rings (SSSR count). The molecule has 1 aliphatic heterocycles. The lowest BCUT2D eigenvalue weighted by molar-refractivity contribution is 0.102. The van der Waals surface area contributed by atoms with E-state index in [2.05, 4.69) is 15.2 Å². The maximum Gasteiger partial charge on any atom is 0.255 e. The van der Waals surface area contributed by atoms with Crippen molar-refractivity contribution in [2.75, 3.05) is 36.4 Å². The van der Waals surface area contributed by atoms with Crippen molar-refractivity contribution in [3.63, 3.8) is 0 Å². The molecule has 1 fully saturated rings. The van der Waals surface area contributed by atoms with Gasteiger partial charge in [-0.25, -0.2) is 13.4 Å². The minimum atomic E-state index is -3.53. The number of benzene rings is 1. The van der Waals surface area contributed by atoms with Crippen molar-refractivity contribution in [3.8, 4) is 0 Å². The van der Waals surface area contributed by atoms with Crippen molar-refractivity contribution in [3.05, 3.63) is 48.2 Å². The predicted octanol–water partition coefficient (Wildman–Crippen LogP) is 3.35. The molecule has 1 N–H and O–H groups in total. The summed E-state index contributed by atoms with van der Waals surface area (Å²) in [5.41, 5.74) is 0.999. The Morgan fingerprint density at radius 2 is 1.69 bits per heavy atom. The van der Waals surface area contributed by atoms with Gasteiger partial charge in [-0.15, -0.1) is 0 Å². The Bertz CT molecular complexity index is 917. The summed E-state index contributed by atoms with van der Waals surface area (Å²) in [5, 5.41) is 2.81. The van der Waals surface area contributed by atoms with E-state index in [9.17, 15) is 13.2 Å². The van der Waals surface area contributed by atoms with Gasteiger partial charge in [0.15, 0.2) is 0 Å². The Kier molecular flexibility index (Phi) is 6.87. The van der Waals surface area contributed by atoms with Gasteiger partial charge in [-0.2, -0.15) is 4.31 Å². The average Bonchev–Trinajstić information content (AvgIpc) is 2.75. The molecule has 0 bridgehead atoms. The van der Waals surface area contributed by atoms with E-state index in [1.54, 1.807) is 20.0 Å². The van der Waals surface area contributed by atoms with Crippen LogP contribution in [0.4, 0.5) is 11.5 Å². The van der Waals surface area contributed by atoms with E-state index in [4.69, 9.17) is 0 Å². The number of amides is 1. The van der Waals surface area contributed by atoms with E-state index in [0.29, 0.717) is 24.3 Å². The minimum absolute atomic E-state index is 0.185. The summed E-state index contributed by atoms with van der Waals surface area (Å²) >= 11 is 0. The van der Waals surface area contributed by atoms with Crippen molar-refractivity contribution in [2.24, 2.45) is 0 Å². The van der Waals surface area contributed by atoms with Crippen molar-refractivity contribution in [1.29, 1.82) is 0 Å². The van der Waals surface area contributed by atoms with E-state index in [-0.39, 0.29) is 10.8 Å². The zero-order valence-corrected chi connectivity index (χ0v) is 17.8. The molecule has 2 heterocycles. The van der Waals surface area contributed by atoms with Gasteiger partial charge in [0.2, 0.25) is 10.0 Å². The first kappa shape index (κ1) is 21.3. The highest BCUT2D eigenvalue weighted by Gasteiger charge is 2.21. The number of hydrogen-bond acceptors (Lipinski definition) is 5. The summed E-state index contributed by atoms with van der Waals surface area (Å²) in [4.78, 5) is 19.4. The fraction of sp³-hybridized carbons (Fsp3) is 0.429. The van der Waals surface area contributed by atoms with Gasteiger partial charge >= 0.3 is 0 Å². The molecule has 29 heavy (non-hydrogen) atoms. The molecule has 7 nitrogen and oxygen atoms in total. The molecule has 1 aromatic heterocycles. The molecule has 0 spiro atoms. The van der Waals surface area contributed by atoms with E-state index >= 15 is 0 Å². The normalized spacial score (nSPS) is 14.8. The number of aromatic nitrogens is 1. The van der Waals surface area contributed by atoms with Crippen molar-refractivity contribution >= 4 is 27.4 Å². The maximum absolute atomic E-state index is 12.5. The van der Waals surface area contributed by atoms with Gasteiger partial charge in [-0.05, 0) is 55.7 Å². The van der Waals surface area contributed by atoms with E-state index in [1.165, 1.54) is 47.8 Å². The number of carbonyl (C=O) groups is 1. The molecular weight excluding hydrogens is 388 g/mol. The van der Waals surface area contributed by atoms with Crippen LogP contribution in [0.15, 0.2) is 47.5 Å². The Morgan fingerprint density at radius 1 is 1.03 bits per heavy atom. The van der Waals surface area contributed by atoms with Crippen LogP contribution in [0.25, 0.3) is 0 Å². The third-order valence-electron chi connectivity index (χ3n) is 5.15. The zero-order valence-electron chi connectivity index (χ0n) is 17.0. The Hall–Kier alpha value is -2.45. The molecule has 0 radical (unpaired) electrons. The molecule has 8 heteroatoms. The van der Waals surface area contributed by atoms with Crippen LogP contribution < -0.4 is 10.2 Å². The highest BCUT2D eigenvalue weighted by molar-refractivity contribution is 7.89. The first-order chi connectivity index (χ1) is 14.0. The standard InChI is InChI=1S/C21H28N4O3S/c1-3-25(4-2)29(27,28)19-11-8-17(9-12-19)21(26)23-18-10-13-20(22-16-18)24-14-6-5-7-15-24/h8-13,16H,3-7,14-15H2,1-2H3,(H,23,26). The van der Waals surface area contributed by atoms with Crippen LogP contribution in [0.1, 0.15) is 43.5 Å². The van der Waals surface area contributed by atoms with Crippen LogP contribution >= 0.6 is 0 Å². The number of piperidine rings is 1. The van der Waals surface area contributed by atoms with Gasteiger partial charge in [0.1, 0.15) is 5.82 Å². The number of rotatable bonds is 7. The van der Waals surface area contributed by atoms with Gasteiger partial charge in [0.25, 0.3) is 5.91 Å². The molecular formula is C21H28N4O3S. The van der Waals surface area contributed by atoms with Crippen molar-refractivity contribution in [2.45, 2.75) is 38.0 Å². The lowest BCUT2D eigenvalue weighted by atomic mass is 10.1. The SMILES string of the molecule is CCN(CC)S(=O)(=O)c1ccc(C(=O)Nc2ccc(N3CCCCC3)nc2)cc1. The van der Waals surface area contributed by atoms with Crippen LogP contribution in [0.5, 0.6) is 0 Å². The third kappa shape index (κ3) is 4.94. The fourth-order valence-corrected chi connectivity index (χ4v) is 4.92. The molecule has 1 saturated heterocycles. The Morgan fingerprint density at radius 3 is 2.24 bits per heavy atom. The first-order valence-corrected chi connectivity index (χ1v) is 11.5. The summed E-state index contributed by atoms with van der Waals surface area (Å²) in [6, 6.07) is 9.76. The van der Waals surface area contributed by atoms with E-state index in [1.807, 2.05) is 12.1 Å². The smallest absolute Gasteiger partial charge is 0.255 e. The number of pyridine rings is 1. The highest BCUT2D eigenvalue weighted by Crippen LogP contribution is 2.20. The van der Waals surface area contributed by atoms with E-state index in [0.717, 1.165) is 18.9 Å². The molecule has 156 valence electrons. The topological polar surface area (TPSA) is 82.6 Å². The molecule has 0 atom stereocenters. The lowest BCUT2D eigenvalue weighted by Crippen LogP contribution is -2.30. The van der Waals surface area contributed by atoms with Gasteiger partial charge in [0, 0.05) is 31.7 Å². The molecule has 0 aliphatic carbocycles. The molecule has 0 unspecified atom stereocenters. The number of carbonyl (C=O) groups excluding carboxylic acids is 1. The summed E-state index contributed by atoms with van der Waals surface area (Å²) < 4.78 is 26.5. The Labute approximate surface area is 172 Å². The number of nitrogens with zero attached hydrogens (tertiary/aromatic N) is 3. The van der Waals surface area contributed by atoms with Gasteiger partial charge in [0.05, 0.1) is 16.8 Å². The van der Waals surface area contributed by atoms with Crippen LogP contribution in [0.2, 0.25) is 0 Å². The molecule has 1 amide bonds. The highest BCUT2D eigenvalue weighted by atomic mass is 32.2. The number of sulfonamides is 1.